The standard InChI is InChI=1S/C17H21N3OS/c1-13-5-3-11-18-16(13)20-17(22)19-12-4-6-14-7-9-15(21-2)10-8-14/h3,5,7-11H,4,6,12H2,1-2H3,(H2,18,19,20,22). The number of benzene rings is 1. The summed E-state index contributed by atoms with van der Waals surface area (Å²) in [6.07, 6.45) is 3.76. The van der Waals surface area contributed by atoms with Gasteiger partial charge in [0.1, 0.15) is 11.6 Å². The molecule has 5 heteroatoms. The lowest BCUT2D eigenvalue weighted by atomic mass is 10.1. The summed E-state index contributed by atoms with van der Waals surface area (Å²) in [6.45, 7) is 2.82. The lowest BCUT2D eigenvalue weighted by Gasteiger charge is -2.11. The summed E-state index contributed by atoms with van der Waals surface area (Å²) < 4.78 is 5.15. The Bertz CT molecular complexity index is 614. The minimum atomic E-state index is 0.608. The Morgan fingerprint density at radius 1 is 1.23 bits per heavy atom. The van der Waals surface area contributed by atoms with Crippen molar-refractivity contribution in [1.29, 1.82) is 0 Å². The Balaban J connectivity index is 1.69. The third-order valence-corrected chi connectivity index (χ3v) is 3.57. The second kappa shape index (κ2) is 8.34. The van der Waals surface area contributed by atoms with Crippen molar-refractivity contribution >= 4 is 23.1 Å². The molecule has 0 fully saturated rings. The number of ether oxygens (including phenoxy) is 1. The summed E-state index contributed by atoms with van der Waals surface area (Å²) in [7, 11) is 1.68. The fraction of sp³-hybridized carbons (Fsp3) is 0.294. The molecule has 0 atom stereocenters. The number of nitrogens with one attached hydrogen (secondary N) is 2. The molecule has 1 aromatic heterocycles. The average Bonchev–Trinajstić information content (AvgIpc) is 2.54. The maximum absolute atomic E-state index is 5.28. The van der Waals surface area contributed by atoms with E-state index in [0.717, 1.165) is 36.5 Å². The highest BCUT2D eigenvalue weighted by atomic mass is 32.1. The van der Waals surface area contributed by atoms with Gasteiger partial charge >= 0.3 is 0 Å². The SMILES string of the molecule is COc1ccc(CCCNC(=S)Nc2ncccc2C)cc1. The number of nitrogens with zero attached hydrogens (tertiary/aromatic N) is 1. The molecule has 116 valence electrons. The number of hydrogen-bond acceptors (Lipinski definition) is 3. The molecule has 0 bridgehead atoms. The summed E-state index contributed by atoms with van der Waals surface area (Å²) in [5.41, 5.74) is 2.37. The molecule has 0 amide bonds. The first-order valence-electron chi connectivity index (χ1n) is 7.28. The van der Waals surface area contributed by atoms with Gasteiger partial charge in [-0.3, -0.25) is 0 Å². The fourth-order valence-electron chi connectivity index (χ4n) is 2.05. The number of rotatable bonds is 6. The van der Waals surface area contributed by atoms with Gasteiger partial charge in [0.15, 0.2) is 5.11 Å². The molecule has 2 aromatic rings. The van der Waals surface area contributed by atoms with E-state index in [1.165, 1.54) is 5.56 Å². The summed E-state index contributed by atoms with van der Waals surface area (Å²) in [5, 5.41) is 6.93. The lowest BCUT2D eigenvalue weighted by Crippen LogP contribution is -2.30. The molecule has 0 saturated heterocycles. The van der Waals surface area contributed by atoms with Gasteiger partial charge in [-0.25, -0.2) is 4.98 Å². The van der Waals surface area contributed by atoms with Gasteiger partial charge in [-0.05, 0) is 61.3 Å². The molecule has 1 aromatic carbocycles. The topological polar surface area (TPSA) is 46.2 Å². The van der Waals surface area contributed by atoms with Crippen LogP contribution in [0.25, 0.3) is 0 Å². The van der Waals surface area contributed by atoms with E-state index in [1.54, 1.807) is 13.3 Å². The number of hydrogen-bond donors (Lipinski definition) is 2. The van der Waals surface area contributed by atoms with E-state index in [9.17, 15) is 0 Å². The molecular weight excluding hydrogens is 294 g/mol. The lowest BCUT2D eigenvalue weighted by molar-refractivity contribution is 0.414. The monoisotopic (exact) mass is 315 g/mol. The molecule has 0 aliphatic carbocycles. The molecule has 2 rings (SSSR count). The van der Waals surface area contributed by atoms with Gasteiger partial charge in [-0.2, -0.15) is 0 Å². The Hall–Kier alpha value is -2.14. The minimum Gasteiger partial charge on any atom is -0.497 e. The van der Waals surface area contributed by atoms with Crippen molar-refractivity contribution in [2.24, 2.45) is 0 Å². The number of aryl methyl sites for hydroxylation is 2. The van der Waals surface area contributed by atoms with E-state index in [2.05, 4.69) is 27.8 Å². The Morgan fingerprint density at radius 3 is 2.68 bits per heavy atom. The predicted octanol–water partition coefficient (Wildman–Crippen LogP) is 3.32. The van der Waals surface area contributed by atoms with Crippen LogP contribution in [-0.2, 0) is 6.42 Å². The molecule has 0 aliphatic heterocycles. The van der Waals surface area contributed by atoms with Crippen LogP contribution in [0.2, 0.25) is 0 Å². The molecule has 4 nitrogen and oxygen atoms in total. The summed E-state index contributed by atoms with van der Waals surface area (Å²) in [5.74, 6) is 1.69. The van der Waals surface area contributed by atoms with E-state index in [-0.39, 0.29) is 0 Å². The van der Waals surface area contributed by atoms with Crippen LogP contribution in [0.1, 0.15) is 17.5 Å². The van der Waals surface area contributed by atoms with Crippen LogP contribution >= 0.6 is 12.2 Å². The molecular formula is C17H21N3OS. The number of thiocarbonyl (C=S) groups is 1. The van der Waals surface area contributed by atoms with E-state index in [1.807, 2.05) is 31.2 Å². The second-order valence-electron chi connectivity index (χ2n) is 5.00. The molecule has 0 radical (unpaired) electrons. The number of methoxy groups -OCH3 is 1. The second-order valence-corrected chi connectivity index (χ2v) is 5.41. The summed E-state index contributed by atoms with van der Waals surface area (Å²) in [4.78, 5) is 4.26. The zero-order chi connectivity index (χ0) is 15.8. The Kier molecular flexibility index (Phi) is 6.15. The third kappa shape index (κ3) is 5.00. The van der Waals surface area contributed by atoms with Gasteiger partial charge in [0, 0.05) is 12.7 Å². The normalized spacial score (nSPS) is 10.1. The van der Waals surface area contributed by atoms with Crippen LogP contribution in [0.4, 0.5) is 5.82 Å². The van der Waals surface area contributed by atoms with Crippen molar-refractivity contribution in [3.8, 4) is 5.75 Å². The van der Waals surface area contributed by atoms with Crippen LogP contribution < -0.4 is 15.4 Å². The number of anilines is 1. The van der Waals surface area contributed by atoms with Crippen molar-refractivity contribution < 1.29 is 4.74 Å². The summed E-state index contributed by atoms with van der Waals surface area (Å²) in [6, 6.07) is 12.1. The van der Waals surface area contributed by atoms with Gasteiger partial charge < -0.3 is 15.4 Å². The van der Waals surface area contributed by atoms with Crippen molar-refractivity contribution in [3.05, 3.63) is 53.7 Å². The third-order valence-electron chi connectivity index (χ3n) is 3.33. The molecule has 22 heavy (non-hydrogen) atoms. The first-order valence-corrected chi connectivity index (χ1v) is 7.69. The number of aromatic nitrogens is 1. The van der Waals surface area contributed by atoms with Crippen LogP contribution in [0.5, 0.6) is 5.75 Å². The molecule has 0 unspecified atom stereocenters. The zero-order valence-corrected chi connectivity index (χ0v) is 13.7. The van der Waals surface area contributed by atoms with Gasteiger partial charge in [-0.1, -0.05) is 18.2 Å². The molecule has 0 aliphatic rings. The van der Waals surface area contributed by atoms with Crippen LogP contribution in [0.15, 0.2) is 42.6 Å². The van der Waals surface area contributed by atoms with Crippen molar-refractivity contribution in [1.82, 2.24) is 10.3 Å². The molecule has 2 N–H and O–H groups in total. The van der Waals surface area contributed by atoms with Crippen molar-refractivity contribution in [3.63, 3.8) is 0 Å². The van der Waals surface area contributed by atoms with E-state index < -0.39 is 0 Å². The van der Waals surface area contributed by atoms with Crippen LogP contribution in [-0.4, -0.2) is 23.8 Å². The van der Waals surface area contributed by atoms with E-state index in [0.29, 0.717) is 5.11 Å². The number of pyridine rings is 1. The first-order chi connectivity index (χ1) is 10.7. The van der Waals surface area contributed by atoms with Crippen LogP contribution in [0.3, 0.4) is 0 Å². The maximum atomic E-state index is 5.28. The zero-order valence-electron chi connectivity index (χ0n) is 12.9. The van der Waals surface area contributed by atoms with Gasteiger partial charge in [0.05, 0.1) is 7.11 Å². The smallest absolute Gasteiger partial charge is 0.171 e. The Morgan fingerprint density at radius 2 is 2.00 bits per heavy atom. The maximum Gasteiger partial charge on any atom is 0.171 e. The Labute approximate surface area is 136 Å². The molecule has 0 spiro atoms. The highest BCUT2D eigenvalue weighted by Crippen LogP contribution is 2.12. The first kappa shape index (κ1) is 16.2. The largest absolute Gasteiger partial charge is 0.497 e. The predicted molar refractivity (Wildman–Crippen MR) is 94.5 cm³/mol. The van der Waals surface area contributed by atoms with Crippen LogP contribution in [0, 0.1) is 6.92 Å². The summed E-state index contributed by atoms with van der Waals surface area (Å²) >= 11 is 5.28. The van der Waals surface area contributed by atoms with E-state index >= 15 is 0 Å². The van der Waals surface area contributed by atoms with Gasteiger partial charge in [0.25, 0.3) is 0 Å². The minimum absolute atomic E-state index is 0.608. The highest BCUT2D eigenvalue weighted by molar-refractivity contribution is 7.80. The molecule has 1 heterocycles. The van der Waals surface area contributed by atoms with Gasteiger partial charge in [-0.15, -0.1) is 0 Å². The molecule has 0 saturated carbocycles. The van der Waals surface area contributed by atoms with Gasteiger partial charge in [0.2, 0.25) is 0 Å². The van der Waals surface area contributed by atoms with E-state index in [4.69, 9.17) is 17.0 Å². The quantitative estimate of drug-likeness (QED) is 0.632. The fourth-order valence-corrected chi connectivity index (χ4v) is 2.25. The van der Waals surface area contributed by atoms with Crippen molar-refractivity contribution in [2.75, 3.05) is 19.0 Å². The average molecular weight is 315 g/mol. The highest BCUT2D eigenvalue weighted by Gasteiger charge is 2.01. The van der Waals surface area contributed by atoms with Crippen molar-refractivity contribution in [2.45, 2.75) is 19.8 Å².